The highest BCUT2D eigenvalue weighted by Gasteiger charge is 2.26. The Labute approximate surface area is 142 Å². The Morgan fingerprint density at radius 3 is 2.60 bits per heavy atom. The Bertz CT molecular complexity index is 1160. The molecule has 25 heavy (non-hydrogen) atoms. The molecule has 124 valence electrons. The van der Waals surface area contributed by atoms with Crippen LogP contribution >= 0.6 is 0 Å². The first-order valence-corrected chi connectivity index (χ1v) is 7.86. The first-order chi connectivity index (χ1) is 12.2. The summed E-state index contributed by atoms with van der Waals surface area (Å²) in [7, 11) is 0. The lowest BCUT2D eigenvalue weighted by atomic mass is 10.0. The molecule has 0 aliphatic heterocycles. The van der Waals surface area contributed by atoms with Crippen LogP contribution in [0.3, 0.4) is 0 Å². The Morgan fingerprint density at radius 2 is 1.88 bits per heavy atom. The molecule has 0 fully saturated rings. The maximum atomic E-state index is 12.6. The van der Waals surface area contributed by atoms with Gasteiger partial charge in [-0.2, -0.15) is 0 Å². The van der Waals surface area contributed by atoms with Crippen molar-refractivity contribution >= 4 is 38.8 Å². The Balaban J connectivity index is 2.34. The number of hydrogen-bond donors (Lipinski definition) is 1. The molecule has 2 aromatic heterocycles. The molecule has 4 aromatic rings. The number of carbonyl (C=O) groups is 1. The van der Waals surface area contributed by atoms with Crippen LogP contribution in [0.15, 0.2) is 53.8 Å². The molecule has 6 nitrogen and oxygen atoms in total. The van der Waals surface area contributed by atoms with Crippen molar-refractivity contribution < 1.29 is 14.6 Å². The van der Waals surface area contributed by atoms with Gasteiger partial charge in [0.15, 0.2) is 0 Å². The average Bonchev–Trinajstić information content (AvgIpc) is 2.98. The molecule has 6 heteroatoms. The predicted octanol–water partition coefficient (Wildman–Crippen LogP) is 4.53. The number of nitrogens with zero attached hydrogens (tertiary/aromatic N) is 2. The Hall–Kier alpha value is -3.41. The molecule has 0 spiro atoms. The van der Waals surface area contributed by atoms with Gasteiger partial charge in [0, 0.05) is 22.4 Å². The zero-order chi connectivity index (χ0) is 17.6. The minimum atomic E-state index is -0.555. The number of hydrogen-bond acceptors (Lipinski definition) is 5. The average molecular weight is 334 g/mol. The number of phenolic OH excluding ortho intramolecular Hbond substituents is 1. The lowest BCUT2D eigenvalue weighted by molar-refractivity contribution is 0.0531. The number of aromatic nitrogens is 1. The smallest absolute Gasteiger partial charge is 0.341 e. The van der Waals surface area contributed by atoms with Gasteiger partial charge in [0.25, 0.3) is 0 Å². The fourth-order valence-corrected chi connectivity index (χ4v) is 3.33. The fraction of sp³-hybridized carbons (Fsp3) is 0.105. The van der Waals surface area contributed by atoms with Crippen molar-refractivity contribution in [2.24, 2.45) is 5.18 Å². The molecule has 0 saturated heterocycles. The fourth-order valence-electron chi connectivity index (χ4n) is 3.33. The summed E-state index contributed by atoms with van der Waals surface area (Å²) in [5.74, 6) is -0.560. The van der Waals surface area contributed by atoms with Gasteiger partial charge in [-0.15, -0.1) is 4.91 Å². The molecule has 1 N–H and O–H groups in total. The van der Waals surface area contributed by atoms with Gasteiger partial charge >= 0.3 is 5.97 Å². The van der Waals surface area contributed by atoms with Crippen LogP contribution in [0, 0.1) is 4.91 Å². The van der Waals surface area contributed by atoms with E-state index in [2.05, 4.69) is 5.18 Å². The van der Waals surface area contributed by atoms with Gasteiger partial charge < -0.3 is 14.2 Å². The van der Waals surface area contributed by atoms with E-state index in [1.54, 1.807) is 60.0 Å². The molecule has 2 aromatic carbocycles. The number of carbonyl (C=O) groups excluding carboxylic acids is 1. The standard InChI is InChI=1S/C19H14N2O4/c1-2-25-19(23)14-13-9-5-6-10-21(13)17-15(14)16(20-24)11-7-3-4-8-12(11)18(17)22/h3-10,22H,2H2,1H3. The highest BCUT2D eigenvalue weighted by molar-refractivity contribution is 6.23. The topological polar surface area (TPSA) is 80.4 Å². The number of rotatable bonds is 3. The van der Waals surface area contributed by atoms with Crippen molar-refractivity contribution in [3.8, 4) is 5.75 Å². The van der Waals surface area contributed by atoms with Crippen molar-refractivity contribution in [2.75, 3.05) is 6.61 Å². The van der Waals surface area contributed by atoms with Crippen LogP contribution in [0.4, 0.5) is 5.69 Å². The summed E-state index contributed by atoms with van der Waals surface area (Å²) < 4.78 is 6.85. The van der Waals surface area contributed by atoms with Gasteiger partial charge in [-0.1, -0.05) is 30.3 Å². The van der Waals surface area contributed by atoms with Crippen LogP contribution in [-0.2, 0) is 4.74 Å². The van der Waals surface area contributed by atoms with E-state index >= 15 is 0 Å². The maximum Gasteiger partial charge on any atom is 0.341 e. The molecular formula is C19H14N2O4. The first kappa shape index (κ1) is 15.1. The predicted molar refractivity (Wildman–Crippen MR) is 95.5 cm³/mol. The van der Waals surface area contributed by atoms with Crippen LogP contribution < -0.4 is 0 Å². The molecule has 0 saturated carbocycles. The molecule has 0 aliphatic carbocycles. The Kier molecular flexibility index (Phi) is 3.39. The lowest BCUT2D eigenvalue weighted by Crippen LogP contribution is -2.04. The zero-order valence-electron chi connectivity index (χ0n) is 13.4. The second-order valence-electron chi connectivity index (χ2n) is 5.61. The number of esters is 1. The molecule has 0 atom stereocenters. The van der Waals surface area contributed by atoms with Crippen molar-refractivity contribution in [1.29, 1.82) is 0 Å². The highest BCUT2D eigenvalue weighted by atomic mass is 16.5. The van der Waals surface area contributed by atoms with Gasteiger partial charge in [0.05, 0.1) is 23.2 Å². The van der Waals surface area contributed by atoms with Gasteiger partial charge in [-0.25, -0.2) is 4.79 Å². The first-order valence-electron chi connectivity index (χ1n) is 7.86. The van der Waals surface area contributed by atoms with E-state index in [0.29, 0.717) is 27.2 Å². The number of phenols is 1. The van der Waals surface area contributed by atoms with Gasteiger partial charge in [0.1, 0.15) is 11.4 Å². The largest absolute Gasteiger partial charge is 0.505 e. The number of benzene rings is 2. The third-order valence-corrected chi connectivity index (χ3v) is 4.31. The summed E-state index contributed by atoms with van der Waals surface area (Å²) in [5, 5.41) is 15.3. The number of fused-ring (bicyclic) bond motifs is 4. The third kappa shape index (κ3) is 2.00. The summed E-state index contributed by atoms with van der Waals surface area (Å²) in [4.78, 5) is 24.3. The van der Waals surface area contributed by atoms with Crippen molar-refractivity contribution in [3.05, 3.63) is 59.1 Å². The summed E-state index contributed by atoms with van der Waals surface area (Å²) in [6.07, 6.45) is 1.73. The molecule has 0 aliphatic rings. The lowest BCUT2D eigenvalue weighted by Gasteiger charge is -2.07. The van der Waals surface area contributed by atoms with E-state index in [9.17, 15) is 14.8 Å². The molecule has 0 unspecified atom stereocenters. The summed E-state index contributed by atoms with van der Waals surface area (Å²) in [5.41, 5.74) is 1.27. The number of pyridine rings is 1. The SMILES string of the molecule is CCOC(=O)c1c2c(N=O)c3ccccc3c(O)c2n2ccccc12. The molecule has 2 heterocycles. The van der Waals surface area contributed by atoms with Crippen LogP contribution in [0.1, 0.15) is 17.3 Å². The van der Waals surface area contributed by atoms with Crippen molar-refractivity contribution in [2.45, 2.75) is 6.92 Å². The van der Waals surface area contributed by atoms with E-state index < -0.39 is 5.97 Å². The number of aromatic hydroxyl groups is 1. The van der Waals surface area contributed by atoms with Crippen LogP contribution in [-0.4, -0.2) is 22.1 Å². The van der Waals surface area contributed by atoms with E-state index in [-0.39, 0.29) is 23.6 Å². The van der Waals surface area contributed by atoms with E-state index in [4.69, 9.17) is 4.74 Å². The highest BCUT2D eigenvalue weighted by Crippen LogP contribution is 2.45. The van der Waals surface area contributed by atoms with Crippen molar-refractivity contribution in [3.63, 3.8) is 0 Å². The molecule has 4 rings (SSSR count). The summed E-state index contributed by atoms with van der Waals surface area (Å²) >= 11 is 0. The third-order valence-electron chi connectivity index (χ3n) is 4.31. The van der Waals surface area contributed by atoms with Gasteiger partial charge in [-0.3, -0.25) is 0 Å². The van der Waals surface area contributed by atoms with E-state index in [1.807, 2.05) is 0 Å². The van der Waals surface area contributed by atoms with Crippen LogP contribution in [0.2, 0.25) is 0 Å². The second-order valence-corrected chi connectivity index (χ2v) is 5.61. The van der Waals surface area contributed by atoms with E-state index in [0.717, 1.165) is 0 Å². The molecule has 0 radical (unpaired) electrons. The maximum absolute atomic E-state index is 12.6. The van der Waals surface area contributed by atoms with Gasteiger partial charge in [0.2, 0.25) is 0 Å². The molecule has 0 bridgehead atoms. The summed E-state index contributed by atoms with van der Waals surface area (Å²) in [6.45, 7) is 1.91. The van der Waals surface area contributed by atoms with Crippen LogP contribution in [0.25, 0.3) is 27.2 Å². The Morgan fingerprint density at radius 1 is 1.16 bits per heavy atom. The monoisotopic (exact) mass is 334 g/mol. The number of ether oxygens (including phenoxy) is 1. The van der Waals surface area contributed by atoms with Crippen LogP contribution in [0.5, 0.6) is 5.75 Å². The normalized spacial score (nSPS) is 11.2. The second kappa shape index (κ2) is 5.59. The summed E-state index contributed by atoms with van der Waals surface area (Å²) in [6, 6.07) is 12.2. The minimum absolute atomic E-state index is 0.00486. The zero-order valence-corrected chi connectivity index (χ0v) is 13.4. The molecule has 0 amide bonds. The molecular weight excluding hydrogens is 320 g/mol. The van der Waals surface area contributed by atoms with E-state index in [1.165, 1.54) is 0 Å². The van der Waals surface area contributed by atoms with Gasteiger partial charge in [-0.05, 0) is 24.2 Å². The minimum Gasteiger partial charge on any atom is -0.505 e. The number of nitroso groups, excluding NO2 is 1. The van der Waals surface area contributed by atoms with Crippen molar-refractivity contribution in [1.82, 2.24) is 4.40 Å². The quantitative estimate of drug-likeness (QED) is 0.441.